The third-order valence-electron chi connectivity index (χ3n) is 4.27. The Kier molecular flexibility index (Phi) is 11.5. The molecule has 1 aromatic heterocycles. The molecule has 0 saturated carbocycles. The molecule has 166 valence electrons. The third kappa shape index (κ3) is 8.35. The number of halogens is 1. The number of ether oxygens (including phenoxy) is 3. The smallest absolute Gasteiger partial charge is 0.224 e. The van der Waals surface area contributed by atoms with Crippen LogP contribution in [0.4, 0.5) is 0 Å². The van der Waals surface area contributed by atoms with Crippen LogP contribution in [0.2, 0.25) is 0 Å². The third-order valence-corrected chi connectivity index (χ3v) is 4.27. The van der Waals surface area contributed by atoms with Crippen molar-refractivity contribution in [2.24, 2.45) is 4.99 Å². The van der Waals surface area contributed by atoms with Crippen molar-refractivity contribution in [3.05, 3.63) is 48.2 Å². The van der Waals surface area contributed by atoms with Crippen molar-refractivity contribution in [2.45, 2.75) is 39.3 Å². The fourth-order valence-electron chi connectivity index (χ4n) is 2.39. The highest BCUT2D eigenvalue weighted by molar-refractivity contribution is 14.0. The maximum Gasteiger partial charge on any atom is 0.224 e. The van der Waals surface area contributed by atoms with Gasteiger partial charge in [0.05, 0.1) is 12.2 Å². The second-order valence-corrected chi connectivity index (χ2v) is 7.11. The van der Waals surface area contributed by atoms with Gasteiger partial charge in [0.15, 0.2) is 17.5 Å². The number of pyridine rings is 1. The van der Waals surface area contributed by atoms with Gasteiger partial charge in [0.2, 0.25) is 5.88 Å². The van der Waals surface area contributed by atoms with Crippen molar-refractivity contribution in [1.82, 2.24) is 15.6 Å². The first-order valence-electron chi connectivity index (χ1n) is 9.82. The van der Waals surface area contributed by atoms with Gasteiger partial charge in [-0.15, -0.1) is 24.0 Å². The molecule has 0 aliphatic carbocycles. The van der Waals surface area contributed by atoms with Crippen LogP contribution in [-0.4, -0.2) is 43.9 Å². The number of aromatic nitrogens is 1. The normalized spacial score (nSPS) is 11.4. The molecule has 0 amide bonds. The Morgan fingerprint density at radius 3 is 2.50 bits per heavy atom. The summed E-state index contributed by atoms with van der Waals surface area (Å²) < 4.78 is 17.3. The molecule has 30 heavy (non-hydrogen) atoms. The number of benzene rings is 1. The van der Waals surface area contributed by atoms with Gasteiger partial charge in [-0.25, -0.2) is 4.98 Å². The van der Waals surface area contributed by atoms with Crippen LogP contribution >= 0.6 is 24.0 Å². The summed E-state index contributed by atoms with van der Waals surface area (Å²) >= 11 is 0. The summed E-state index contributed by atoms with van der Waals surface area (Å²) in [6.45, 7) is 7.87. The first-order valence-corrected chi connectivity index (χ1v) is 9.82. The molecule has 0 aliphatic heterocycles. The number of rotatable bonds is 10. The Bertz CT molecular complexity index is 799. The minimum Gasteiger partial charge on any atom is -0.490 e. The van der Waals surface area contributed by atoms with Crippen LogP contribution in [-0.2, 0) is 11.3 Å². The van der Waals surface area contributed by atoms with Gasteiger partial charge >= 0.3 is 0 Å². The highest BCUT2D eigenvalue weighted by Gasteiger charge is 2.17. The zero-order chi connectivity index (χ0) is 21.1. The summed E-state index contributed by atoms with van der Waals surface area (Å²) in [4.78, 5) is 8.66. The van der Waals surface area contributed by atoms with E-state index in [1.165, 1.54) is 0 Å². The summed E-state index contributed by atoms with van der Waals surface area (Å²) in [7, 11) is 3.43. The van der Waals surface area contributed by atoms with E-state index >= 15 is 0 Å². The summed E-state index contributed by atoms with van der Waals surface area (Å²) in [5.41, 5.74) is 0.620. The Morgan fingerprint density at radius 2 is 1.83 bits per heavy atom. The van der Waals surface area contributed by atoms with E-state index in [1.54, 1.807) is 20.4 Å². The topological polar surface area (TPSA) is 77.0 Å². The predicted molar refractivity (Wildman–Crippen MR) is 131 cm³/mol. The standard InChI is InChI=1S/C22H32N4O3.HI/c1-6-14-28-18-11-7-8-12-19(18)29-20-17(10-9-13-24-20)15-25-21(23-4)26-16-22(2,3)27-5;/h7-13H,6,14-16H2,1-5H3,(H2,23,25,26);1H. The second kappa shape index (κ2) is 13.3. The van der Waals surface area contributed by atoms with Gasteiger partial charge in [-0.3, -0.25) is 4.99 Å². The minimum atomic E-state index is -0.289. The number of nitrogens with one attached hydrogen (secondary N) is 2. The van der Waals surface area contributed by atoms with E-state index in [-0.39, 0.29) is 29.6 Å². The van der Waals surface area contributed by atoms with Gasteiger partial charge in [0.1, 0.15) is 0 Å². The summed E-state index contributed by atoms with van der Waals surface area (Å²) in [6.07, 6.45) is 2.64. The number of guanidine groups is 1. The average molecular weight is 528 g/mol. The zero-order valence-electron chi connectivity index (χ0n) is 18.4. The minimum absolute atomic E-state index is 0. The predicted octanol–water partition coefficient (Wildman–Crippen LogP) is 4.37. The lowest BCUT2D eigenvalue weighted by Gasteiger charge is -2.24. The number of methoxy groups -OCH3 is 1. The monoisotopic (exact) mass is 528 g/mol. The molecule has 0 atom stereocenters. The summed E-state index contributed by atoms with van der Waals surface area (Å²) in [6, 6.07) is 11.5. The number of para-hydroxylation sites is 2. The van der Waals surface area contributed by atoms with E-state index in [1.807, 2.05) is 50.2 Å². The molecule has 1 heterocycles. The highest BCUT2D eigenvalue weighted by Crippen LogP contribution is 2.31. The SMILES string of the molecule is CCCOc1ccccc1Oc1ncccc1CNC(=NC)NCC(C)(C)OC.I. The van der Waals surface area contributed by atoms with Gasteiger partial charge in [0, 0.05) is 39.0 Å². The Balaban J connectivity index is 0.00000450. The van der Waals surface area contributed by atoms with E-state index in [0.29, 0.717) is 43.0 Å². The Morgan fingerprint density at radius 1 is 1.10 bits per heavy atom. The van der Waals surface area contributed by atoms with E-state index in [9.17, 15) is 0 Å². The Hall–Kier alpha value is -2.07. The molecule has 0 saturated heterocycles. The van der Waals surface area contributed by atoms with Crippen LogP contribution in [0.3, 0.4) is 0 Å². The van der Waals surface area contributed by atoms with E-state index in [4.69, 9.17) is 14.2 Å². The number of aliphatic imine (C=N–C) groups is 1. The summed E-state index contributed by atoms with van der Waals surface area (Å²) in [5, 5.41) is 6.55. The van der Waals surface area contributed by atoms with E-state index in [2.05, 4.69) is 27.5 Å². The lowest BCUT2D eigenvalue weighted by Crippen LogP contribution is -2.45. The average Bonchev–Trinajstić information content (AvgIpc) is 2.74. The van der Waals surface area contributed by atoms with Gasteiger partial charge in [0.25, 0.3) is 0 Å². The lowest BCUT2D eigenvalue weighted by molar-refractivity contribution is 0.0268. The van der Waals surface area contributed by atoms with E-state index in [0.717, 1.165) is 12.0 Å². The number of hydrogen-bond acceptors (Lipinski definition) is 5. The van der Waals surface area contributed by atoms with Crippen LogP contribution < -0.4 is 20.1 Å². The van der Waals surface area contributed by atoms with Crippen molar-refractivity contribution in [3.8, 4) is 17.4 Å². The molecule has 2 N–H and O–H groups in total. The van der Waals surface area contributed by atoms with Crippen LogP contribution in [0.25, 0.3) is 0 Å². The summed E-state index contributed by atoms with van der Waals surface area (Å²) in [5.74, 6) is 2.56. The molecule has 0 radical (unpaired) electrons. The molecule has 0 fully saturated rings. The van der Waals surface area contributed by atoms with Crippen LogP contribution in [0.5, 0.6) is 17.4 Å². The number of hydrogen-bond donors (Lipinski definition) is 2. The highest BCUT2D eigenvalue weighted by atomic mass is 127. The molecule has 2 rings (SSSR count). The second-order valence-electron chi connectivity index (χ2n) is 7.11. The van der Waals surface area contributed by atoms with Gasteiger partial charge in [-0.1, -0.05) is 25.1 Å². The van der Waals surface area contributed by atoms with Crippen molar-refractivity contribution >= 4 is 29.9 Å². The fraction of sp³-hybridized carbons (Fsp3) is 0.455. The van der Waals surface area contributed by atoms with Gasteiger partial charge in [-0.2, -0.15) is 0 Å². The van der Waals surface area contributed by atoms with Crippen molar-refractivity contribution in [1.29, 1.82) is 0 Å². The van der Waals surface area contributed by atoms with Crippen molar-refractivity contribution < 1.29 is 14.2 Å². The molecule has 0 spiro atoms. The maximum atomic E-state index is 6.08. The molecular formula is C22H33IN4O3. The van der Waals surface area contributed by atoms with Crippen LogP contribution in [0.15, 0.2) is 47.6 Å². The molecule has 7 nitrogen and oxygen atoms in total. The van der Waals surface area contributed by atoms with Crippen LogP contribution in [0, 0.1) is 0 Å². The van der Waals surface area contributed by atoms with Crippen molar-refractivity contribution in [3.63, 3.8) is 0 Å². The Labute approximate surface area is 196 Å². The first-order chi connectivity index (χ1) is 14.0. The largest absolute Gasteiger partial charge is 0.490 e. The molecule has 0 unspecified atom stereocenters. The lowest BCUT2D eigenvalue weighted by atomic mass is 10.1. The maximum absolute atomic E-state index is 6.08. The zero-order valence-corrected chi connectivity index (χ0v) is 20.7. The van der Waals surface area contributed by atoms with Gasteiger partial charge < -0.3 is 24.8 Å². The fourth-order valence-corrected chi connectivity index (χ4v) is 2.39. The number of nitrogens with zero attached hydrogens (tertiary/aromatic N) is 2. The molecule has 0 aliphatic rings. The molecule has 8 heteroatoms. The van der Waals surface area contributed by atoms with Crippen LogP contribution in [0.1, 0.15) is 32.8 Å². The van der Waals surface area contributed by atoms with E-state index < -0.39 is 0 Å². The first kappa shape index (κ1) is 26.0. The van der Waals surface area contributed by atoms with Crippen molar-refractivity contribution in [2.75, 3.05) is 27.3 Å². The quantitative estimate of drug-likeness (QED) is 0.271. The molecule has 2 aromatic rings. The molecule has 0 bridgehead atoms. The van der Waals surface area contributed by atoms with Gasteiger partial charge in [-0.05, 0) is 38.5 Å². The molecule has 1 aromatic carbocycles. The molecular weight excluding hydrogens is 495 g/mol.